The van der Waals surface area contributed by atoms with Gasteiger partial charge in [0.05, 0.1) is 35.2 Å². The lowest BCUT2D eigenvalue weighted by Gasteiger charge is -2.16. The number of nitrogens with one attached hydrogen (secondary N) is 2. The van der Waals surface area contributed by atoms with Gasteiger partial charge in [0.2, 0.25) is 5.91 Å². The molecule has 12 heteroatoms. The number of pyridine rings is 1. The largest absolute Gasteiger partial charge is 0.433 e. The Morgan fingerprint density at radius 1 is 1.11 bits per heavy atom. The number of imidazole rings is 1. The van der Waals surface area contributed by atoms with E-state index in [0.29, 0.717) is 41.0 Å². The average molecular weight is 517 g/mol. The van der Waals surface area contributed by atoms with Crippen LogP contribution < -0.4 is 11.1 Å². The second-order valence-corrected chi connectivity index (χ2v) is 9.13. The molecule has 4 N–H and O–H groups in total. The van der Waals surface area contributed by atoms with Gasteiger partial charge in [-0.05, 0) is 31.0 Å². The van der Waals surface area contributed by atoms with Crippen LogP contribution in [0.3, 0.4) is 0 Å². The van der Waals surface area contributed by atoms with Crippen LogP contribution in [0.4, 0.5) is 13.2 Å². The van der Waals surface area contributed by atoms with Crippen molar-refractivity contribution < 1.29 is 22.8 Å². The highest BCUT2D eigenvalue weighted by atomic mass is 32.1. The maximum Gasteiger partial charge on any atom is 0.433 e. The van der Waals surface area contributed by atoms with Crippen LogP contribution in [-0.4, -0.2) is 31.8 Å². The average Bonchev–Trinajstić information content (AvgIpc) is 3.54. The first-order valence-electron chi connectivity index (χ1n) is 11.2. The second kappa shape index (κ2) is 10.9. The predicted octanol–water partition coefficient (Wildman–Crippen LogP) is 5.01. The van der Waals surface area contributed by atoms with Crippen LogP contribution in [-0.2, 0) is 11.0 Å². The Bertz CT molecular complexity index is 1350. The van der Waals surface area contributed by atoms with E-state index in [0.717, 1.165) is 24.5 Å². The molecule has 0 unspecified atom stereocenters. The number of hydrogen-bond acceptors (Lipinski definition) is 6. The number of amides is 2. The fourth-order valence-corrected chi connectivity index (χ4v) is 4.29. The van der Waals surface area contributed by atoms with Gasteiger partial charge in [-0.3, -0.25) is 14.6 Å². The maximum absolute atomic E-state index is 13.0. The minimum atomic E-state index is -4.51. The summed E-state index contributed by atoms with van der Waals surface area (Å²) < 4.78 is 38.9. The number of thiazole rings is 1. The quantitative estimate of drug-likeness (QED) is 0.256. The highest BCUT2D eigenvalue weighted by Crippen LogP contribution is 2.30. The minimum absolute atomic E-state index is 0.235. The molecule has 0 aliphatic heterocycles. The number of carbonyl (C=O) groups is 2. The van der Waals surface area contributed by atoms with Crippen molar-refractivity contribution in [3.05, 3.63) is 64.6 Å². The van der Waals surface area contributed by atoms with Crippen LogP contribution in [0.1, 0.15) is 59.3 Å². The van der Waals surface area contributed by atoms with Gasteiger partial charge in [0.25, 0.3) is 5.91 Å². The molecule has 0 radical (unpaired) electrons. The van der Waals surface area contributed by atoms with Gasteiger partial charge in [-0.2, -0.15) is 13.2 Å². The molecule has 0 bridgehead atoms. The molecular formula is C24H23F3N6O2S. The molecule has 3 heterocycles. The molecule has 0 spiro atoms. The Balaban J connectivity index is 1.53. The van der Waals surface area contributed by atoms with Crippen LogP contribution in [0.15, 0.2) is 48.2 Å². The van der Waals surface area contributed by atoms with Crippen molar-refractivity contribution in [2.24, 2.45) is 5.73 Å². The Labute approximate surface area is 208 Å². The van der Waals surface area contributed by atoms with E-state index in [1.165, 1.54) is 29.7 Å². The summed E-state index contributed by atoms with van der Waals surface area (Å²) in [7, 11) is 0. The van der Waals surface area contributed by atoms with Crippen molar-refractivity contribution in [3.8, 4) is 11.3 Å². The summed E-state index contributed by atoms with van der Waals surface area (Å²) in [6.07, 6.45) is 1.65. The molecule has 8 nitrogen and oxygen atoms in total. The second-order valence-electron chi connectivity index (χ2n) is 8.24. The lowest BCUT2D eigenvalue weighted by atomic mass is 10.1. The van der Waals surface area contributed by atoms with Crippen molar-refractivity contribution in [1.82, 2.24) is 25.3 Å². The fourth-order valence-electron chi connectivity index (χ4n) is 3.77. The molecule has 3 aromatic heterocycles. The monoisotopic (exact) mass is 516 g/mol. The van der Waals surface area contributed by atoms with Crippen LogP contribution in [0.5, 0.6) is 0 Å². The summed E-state index contributed by atoms with van der Waals surface area (Å²) in [5, 5.41) is 3.54. The number of fused-ring (bicyclic) bond motifs is 1. The Kier molecular flexibility index (Phi) is 7.63. The molecule has 4 rings (SSSR count). The predicted molar refractivity (Wildman–Crippen MR) is 129 cm³/mol. The summed E-state index contributed by atoms with van der Waals surface area (Å²) in [5.41, 5.74) is 7.43. The van der Waals surface area contributed by atoms with E-state index < -0.39 is 17.9 Å². The summed E-state index contributed by atoms with van der Waals surface area (Å²) in [4.78, 5) is 39.4. The van der Waals surface area contributed by atoms with Crippen LogP contribution in [0, 0.1) is 0 Å². The zero-order valence-corrected chi connectivity index (χ0v) is 19.8. The fraction of sp³-hybridized carbons (Fsp3) is 0.292. The van der Waals surface area contributed by atoms with E-state index in [-0.39, 0.29) is 17.3 Å². The molecular weight excluding hydrogens is 493 g/mol. The van der Waals surface area contributed by atoms with Crippen LogP contribution >= 0.6 is 11.3 Å². The smallest absolute Gasteiger partial charge is 0.370 e. The first kappa shape index (κ1) is 25.3. The first-order valence-corrected chi connectivity index (χ1v) is 12.1. The molecule has 0 saturated heterocycles. The molecule has 0 saturated carbocycles. The molecule has 36 heavy (non-hydrogen) atoms. The van der Waals surface area contributed by atoms with E-state index in [1.807, 2.05) is 0 Å². The van der Waals surface area contributed by atoms with Crippen molar-refractivity contribution in [2.45, 2.75) is 44.3 Å². The molecule has 0 aliphatic rings. The summed E-state index contributed by atoms with van der Waals surface area (Å²) in [6.45, 7) is 0. The van der Waals surface area contributed by atoms with Gasteiger partial charge in [0.1, 0.15) is 16.4 Å². The van der Waals surface area contributed by atoms with E-state index >= 15 is 0 Å². The normalized spacial score (nSPS) is 12.5. The van der Waals surface area contributed by atoms with Gasteiger partial charge >= 0.3 is 6.18 Å². The van der Waals surface area contributed by atoms with Crippen molar-refractivity contribution in [1.29, 1.82) is 0 Å². The number of H-pyrrole nitrogens is 1. The van der Waals surface area contributed by atoms with E-state index in [1.54, 1.807) is 23.8 Å². The molecule has 1 atom stereocenters. The Morgan fingerprint density at radius 3 is 2.67 bits per heavy atom. The molecule has 0 aliphatic carbocycles. The molecule has 188 valence electrons. The lowest BCUT2D eigenvalue weighted by molar-refractivity contribution is -0.141. The number of aromatic nitrogens is 4. The lowest BCUT2D eigenvalue weighted by Crippen LogP contribution is -2.28. The Morgan fingerprint density at radius 2 is 1.94 bits per heavy atom. The third kappa shape index (κ3) is 6.25. The van der Waals surface area contributed by atoms with Gasteiger partial charge < -0.3 is 16.0 Å². The number of nitrogens with zero attached hydrogens (tertiary/aromatic N) is 3. The van der Waals surface area contributed by atoms with Gasteiger partial charge in [-0.1, -0.05) is 25.0 Å². The molecule has 4 aromatic rings. The van der Waals surface area contributed by atoms with Gasteiger partial charge in [-0.15, -0.1) is 11.3 Å². The van der Waals surface area contributed by atoms with Crippen molar-refractivity contribution in [3.63, 3.8) is 0 Å². The van der Waals surface area contributed by atoms with Crippen molar-refractivity contribution >= 4 is 34.1 Å². The number of aromatic amines is 1. The number of rotatable bonds is 10. The van der Waals surface area contributed by atoms with E-state index in [2.05, 4.69) is 25.3 Å². The van der Waals surface area contributed by atoms with Crippen LogP contribution in [0.2, 0.25) is 0 Å². The number of alkyl halides is 3. The van der Waals surface area contributed by atoms with Crippen molar-refractivity contribution in [2.75, 3.05) is 0 Å². The zero-order valence-electron chi connectivity index (χ0n) is 19.0. The number of nitrogens with two attached hydrogens (primary N) is 1. The maximum atomic E-state index is 13.0. The Hall–Kier alpha value is -3.80. The summed E-state index contributed by atoms with van der Waals surface area (Å²) in [5.74, 6) is -0.0702. The van der Waals surface area contributed by atoms with Gasteiger partial charge in [0, 0.05) is 17.4 Å². The number of primary amides is 1. The molecule has 1 aromatic carbocycles. The SMILES string of the molecule is NC(=O)CCCCC[C@H](NC(=O)c1cncs1)c1ncc(-c2ccc3nc(C(F)(F)F)ccc3c2)[nH]1. The highest BCUT2D eigenvalue weighted by molar-refractivity contribution is 7.11. The third-order valence-electron chi connectivity index (χ3n) is 5.59. The summed E-state index contributed by atoms with van der Waals surface area (Å²) >= 11 is 1.23. The van der Waals surface area contributed by atoms with Gasteiger partial charge in [-0.25, -0.2) is 9.97 Å². The molecule has 0 fully saturated rings. The number of hydrogen-bond donors (Lipinski definition) is 3. The zero-order chi connectivity index (χ0) is 25.7. The number of unbranched alkanes of at least 4 members (excludes halogenated alkanes) is 2. The first-order chi connectivity index (χ1) is 17.2. The topological polar surface area (TPSA) is 127 Å². The van der Waals surface area contributed by atoms with Crippen LogP contribution in [0.25, 0.3) is 22.2 Å². The molecule has 2 amide bonds. The third-order valence-corrected chi connectivity index (χ3v) is 6.37. The van der Waals surface area contributed by atoms with E-state index in [9.17, 15) is 22.8 Å². The number of carbonyl (C=O) groups excluding carboxylic acids is 2. The summed E-state index contributed by atoms with van der Waals surface area (Å²) in [6, 6.07) is 6.85. The number of halogens is 3. The van der Waals surface area contributed by atoms with E-state index in [4.69, 9.17) is 5.73 Å². The minimum Gasteiger partial charge on any atom is -0.370 e. The highest BCUT2D eigenvalue weighted by Gasteiger charge is 2.32. The standard InChI is InChI=1S/C24H23F3N6O2S/c25-24(26,27)20-9-7-14-10-15(6-8-16(14)31-20)18-11-30-22(32-18)17(4-2-1-3-5-21(28)34)33-23(35)19-12-29-13-36-19/h6-13,17H,1-5H2,(H2,28,34)(H,30,32)(H,33,35)/t17-/m0/s1. The number of benzene rings is 1. The van der Waals surface area contributed by atoms with Gasteiger partial charge in [0.15, 0.2) is 0 Å².